The number of rotatable bonds is 4. The number of hydrogen-bond acceptors (Lipinski definition) is 9. The number of piperazine rings is 1. The van der Waals surface area contributed by atoms with Crippen LogP contribution in [0.5, 0.6) is 5.88 Å². The number of pyridine rings is 1. The smallest absolute Gasteiger partial charge is 0.433 e. The molecule has 0 atom stereocenters. The zero-order valence-electron chi connectivity index (χ0n) is 19.3. The third-order valence-corrected chi connectivity index (χ3v) is 6.16. The van der Waals surface area contributed by atoms with Gasteiger partial charge in [-0.3, -0.25) is 4.98 Å². The van der Waals surface area contributed by atoms with Crippen LogP contribution in [0.25, 0.3) is 11.7 Å². The van der Waals surface area contributed by atoms with Crippen molar-refractivity contribution in [3.8, 4) is 5.88 Å². The molecule has 6 rings (SSSR count). The molecule has 0 aromatic carbocycles. The molecule has 192 valence electrons. The Labute approximate surface area is 205 Å². The summed E-state index contributed by atoms with van der Waals surface area (Å²) in [6.45, 7) is 1.76. The first-order valence-electron chi connectivity index (χ1n) is 11.6. The molecule has 0 unspecified atom stereocenters. The highest BCUT2D eigenvalue weighted by Gasteiger charge is 2.33. The second-order valence-corrected chi connectivity index (χ2v) is 8.86. The lowest BCUT2D eigenvalue weighted by Gasteiger charge is -2.35. The summed E-state index contributed by atoms with van der Waals surface area (Å²) in [5.41, 5.74) is -0.466. The number of H-pyrrole nitrogens is 2. The van der Waals surface area contributed by atoms with Crippen molar-refractivity contribution in [1.82, 2.24) is 34.5 Å². The van der Waals surface area contributed by atoms with Crippen molar-refractivity contribution in [2.75, 3.05) is 36.0 Å². The summed E-state index contributed by atoms with van der Waals surface area (Å²) in [6, 6.07) is 4.04. The molecule has 3 N–H and O–H groups in total. The number of alkyl halides is 3. The van der Waals surface area contributed by atoms with Gasteiger partial charge in [0.25, 0.3) is 5.62 Å². The number of nitrogens with one attached hydrogen (secondary N) is 2. The van der Waals surface area contributed by atoms with Gasteiger partial charge in [0.2, 0.25) is 11.8 Å². The average Bonchev–Trinajstić information content (AvgIpc) is 3.51. The van der Waals surface area contributed by atoms with Crippen molar-refractivity contribution in [2.24, 2.45) is 4.99 Å². The highest BCUT2D eigenvalue weighted by atomic mass is 19.4. The van der Waals surface area contributed by atoms with Crippen LogP contribution in [0.15, 0.2) is 34.2 Å². The minimum atomic E-state index is -4.51. The van der Waals surface area contributed by atoms with Crippen LogP contribution < -0.4 is 26.3 Å². The number of anilines is 2. The van der Waals surface area contributed by atoms with Crippen LogP contribution >= 0.6 is 0 Å². The molecule has 1 aliphatic carbocycles. The third kappa shape index (κ3) is 4.59. The Morgan fingerprint density at radius 1 is 1.05 bits per heavy atom. The number of aromatic amines is 2. The standard InChI is InChI=1S/C22H21F3N10O2/c23-22(24,25)15-2-1-3-16(29-15)33-6-8-34(9-7-33)19-30-17-12(10-14-18(36)31-21(37)28-14)11-26-35(17)20(32-19)27-13-4-5-13/h1-3,10-11,13,36H,4-9H2,(H2,28,31,37). The summed E-state index contributed by atoms with van der Waals surface area (Å²) in [5.74, 6) is 0.370. The fourth-order valence-corrected chi connectivity index (χ4v) is 4.10. The van der Waals surface area contributed by atoms with Crippen LogP contribution in [0.4, 0.5) is 24.9 Å². The predicted molar refractivity (Wildman–Crippen MR) is 125 cm³/mol. The normalized spacial score (nSPS) is 17.8. The highest BCUT2D eigenvalue weighted by molar-refractivity contribution is 5.57. The number of nitrogens with zero attached hydrogens (tertiary/aromatic N) is 8. The van der Waals surface area contributed by atoms with Crippen LogP contribution in [-0.4, -0.2) is 71.9 Å². The van der Waals surface area contributed by atoms with Crippen molar-refractivity contribution in [3.63, 3.8) is 0 Å². The van der Waals surface area contributed by atoms with E-state index in [4.69, 9.17) is 0 Å². The first-order valence-corrected chi connectivity index (χ1v) is 11.6. The van der Waals surface area contributed by atoms with Crippen molar-refractivity contribution in [1.29, 1.82) is 0 Å². The molecule has 12 nitrogen and oxygen atoms in total. The maximum atomic E-state index is 13.1. The summed E-state index contributed by atoms with van der Waals surface area (Å²) in [6.07, 6.45) is 0.503. The molecule has 0 spiro atoms. The fourth-order valence-electron chi connectivity index (χ4n) is 4.10. The van der Waals surface area contributed by atoms with Crippen LogP contribution in [0.2, 0.25) is 0 Å². The number of halogens is 3. The molecule has 37 heavy (non-hydrogen) atoms. The van der Waals surface area contributed by atoms with E-state index in [-0.39, 0.29) is 23.4 Å². The Balaban J connectivity index is 1.33. The van der Waals surface area contributed by atoms with Gasteiger partial charge in [-0.05, 0) is 31.1 Å². The largest absolute Gasteiger partial charge is 0.493 e. The monoisotopic (exact) mass is 514 g/mol. The lowest BCUT2D eigenvalue weighted by molar-refractivity contribution is -0.141. The van der Waals surface area contributed by atoms with E-state index in [9.17, 15) is 23.1 Å². The average molecular weight is 514 g/mol. The van der Waals surface area contributed by atoms with E-state index in [1.807, 2.05) is 4.90 Å². The summed E-state index contributed by atoms with van der Waals surface area (Å²) in [7, 11) is 0. The zero-order valence-corrected chi connectivity index (χ0v) is 19.3. The van der Waals surface area contributed by atoms with Crippen LogP contribution in [0, 0.1) is 0 Å². The number of hydrogen-bond donors (Lipinski definition) is 3. The molecular weight excluding hydrogens is 493 g/mol. The number of imidazole rings is 1. The van der Waals surface area contributed by atoms with Crippen molar-refractivity contribution in [3.05, 3.63) is 57.1 Å². The van der Waals surface area contributed by atoms with E-state index >= 15 is 0 Å². The Morgan fingerprint density at radius 2 is 1.81 bits per heavy atom. The molecule has 0 radical (unpaired) electrons. The van der Waals surface area contributed by atoms with Crippen LogP contribution in [0.1, 0.15) is 24.2 Å². The molecule has 1 aliphatic heterocycles. The maximum Gasteiger partial charge on any atom is 0.433 e. The van der Waals surface area contributed by atoms with E-state index in [0.717, 1.165) is 18.9 Å². The number of aromatic nitrogens is 7. The van der Waals surface area contributed by atoms with Gasteiger partial charge in [-0.25, -0.2) is 14.8 Å². The quantitative estimate of drug-likeness (QED) is 0.350. The summed E-state index contributed by atoms with van der Waals surface area (Å²) in [5, 5.41) is 14.8. The van der Waals surface area contributed by atoms with Gasteiger partial charge < -0.3 is 19.9 Å². The Hall–Kier alpha value is -4.43. The molecule has 4 aromatic rings. The SMILES string of the molecule is O=c1[nH]c(O)c(C=c2cnn3c(=NC4CC4)nc(N4CCN(c5cccc(C(F)(F)F)n5)CC4)nc23)[nH]1. The van der Waals surface area contributed by atoms with Gasteiger partial charge in [0.05, 0.1) is 12.2 Å². The molecule has 5 heterocycles. The second-order valence-electron chi connectivity index (χ2n) is 8.86. The molecule has 2 aliphatic rings. The van der Waals surface area contributed by atoms with Gasteiger partial charge in [0.15, 0.2) is 5.65 Å². The van der Waals surface area contributed by atoms with E-state index in [0.29, 0.717) is 48.6 Å². The minimum absolute atomic E-state index is 0.163. The minimum Gasteiger partial charge on any atom is -0.493 e. The predicted octanol–water partition coefficient (Wildman–Crippen LogP) is 0.198. The first kappa shape index (κ1) is 23.0. The fraction of sp³-hybridized carbons (Fsp3) is 0.364. The van der Waals surface area contributed by atoms with E-state index in [1.165, 1.54) is 10.6 Å². The van der Waals surface area contributed by atoms with Gasteiger partial charge in [0, 0.05) is 31.4 Å². The van der Waals surface area contributed by atoms with E-state index in [2.05, 4.69) is 35.0 Å². The molecular formula is C22H21F3N10O2. The molecule has 0 bridgehead atoms. The van der Waals surface area contributed by atoms with Crippen LogP contribution in [0.3, 0.4) is 0 Å². The molecule has 4 aromatic heterocycles. The maximum absolute atomic E-state index is 13.1. The lowest BCUT2D eigenvalue weighted by atomic mass is 10.3. The van der Waals surface area contributed by atoms with E-state index in [1.54, 1.807) is 23.2 Å². The molecule has 1 saturated heterocycles. The summed E-state index contributed by atoms with van der Waals surface area (Å²) >= 11 is 0. The zero-order chi connectivity index (χ0) is 25.7. The Morgan fingerprint density at radius 3 is 2.49 bits per heavy atom. The third-order valence-electron chi connectivity index (χ3n) is 6.16. The van der Waals surface area contributed by atoms with Gasteiger partial charge in [-0.2, -0.15) is 32.8 Å². The molecule has 0 amide bonds. The highest BCUT2D eigenvalue weighted by Crippen LogP contribution is 2.29. The molecule has 1 saturated carbocycles. The van der Waals surface area contributed by atoms with Gasteiger partial charge in [-0.1, -0.05) is 6.07 Å². The molecule has 15 heteroatoms. The van der Waals surface area contributed by atoms with Crippen molar-refractivity contribution >= 4 is 23.5 Å². The van der Waals surface area contributed by atoms with Crippen LogP contribution in [-0.2, 0) is 6.18 Å². The topological polar surface area (TPSA) is 144 Å². The van der Waals surface area contributed by atoms with Crippen molar-refractivity contribution in [2.45, 2.75) is 25.1 Å². The molecule has 2 fully saturated rings. The Bertz CT molecular complexity index is 1650. The number of fused-ring (bicyclic) bond motifs is 1. The van der Waals surface area contributed by atoms with E-state index < -0.39 is 17.6 Å². The summed E-state index contributed by atoms with van der Waals surface area (Å²) in [4.78, 5) is 37.8. The van der Waals surface area contributed by atoms with Crippen molar-refractivity contribution < 1.29 is 18.3 Å². The summed E-state index contributed by atoms with van der Waals surface area (Å²) < 4.78 is 40.8. The first-order chi connectivity index (χ1) is 17.7. The van der Waals surface area contributed by atoms with Gasteiger partial charge >= 0.3 is 11.9 Å². The van der Waals surface area contributed by atoms with Gasteiger partial charge in [-0.15, -0.1) is 0 Å². The Kier molecular flexibility index (Phi) is 5.35. The lowest BCUT2D eigenvalue weighted by Crippen LogP contribution is -2.48. The second kappa shape index (κ2) is 8.60. The number of aromatic hydroxyl groups is 1. The van der Waals surface area contributed by atoms with Gasteiger partial charge in [0.1, 0.15) is 17.2 Å².